The highest BCUT2D eigenvalue weighted by Crippen LogP contribution is 2.18. The zero-order valence-electron chi connectivity index (χ0n) is 8.84. The largest absolute Gasteiger partial charge is 0.393 e. The van der Waals surface area contributed by atoms with Gasteiger partial charge < -0.3 is 5.11 Å². The van der Waals surface area contributed by atoms with E-state index < -0.39 is 0 Å². The molecule has 0 unspecified atom stereocenters. The summed E-state index contributed by atoms with van der Waals surface area (Å²) in [6.45, 7) is 6.37. The third-order valence-electron chi connectivity index (χ3n) is 2.54. The smallest absolute Gasteiger partial charge is 0.0512 e. The van der Waals surface area contributed by atoms with Crippen molar-refractivity contribution < 1.29 is 5.11 Å². The molecule has 0 fully saturated rings. The van der Waals surface area contributed by atoms with Crippen molar-refractivity contribution in [2.75, 3.05) is 0 Å². The van der Waals surface area contributed by atoms with Gasteiger partial charge in [-0.25, -0.2) is 0 Å². The van der Waals surface area contributed by atoms with Gasteiger partial charge in [-0.1, -0.05) is 39.5 Å². The molecule has 0 heterocycles. The summed E-state index contributed by atoms with van der Waals surface area (Å²) in [4.78, 5) is 0. The molecule has 1 nitrogen and oxygen atoms in total. The summed E-state index contributed by atoms with van der Waals surface area (Å²) in [7, 11) is 0. The number of aliphatic hydroxyl groups is 1. The lowest BCUT2D eigenvalue weighted by atomic mass is 9.93. The standard InChI is InChI=1S/C11H24O/c1-4-6-7-11(5-2)9-8-10(3)12/h10-12H,4-9H2,1-3H3/t10-,11-/m1/s1. The first-order valence-electron chi connectivity index (χ1n) is 5.38. The SMILES string of the molecule is CCCC[C@@H](CC)CC[C@@H](C)O. The summed E-state index contributed by atoms with van der Waals surface area (Å²) in [5.74, 6) is 0.847. The van der Waals surface area contributed by atoms with Crippen molar-refractivity contribution in [1.29, 1.82) is 0 Å². The Morgan fingerprint density at radius 2 is 1.75 bits per heavy atom. The van der Waals surface area contributed by atoms with Gasteiger partial charge in [0.15, 0.2) is 0 Å². The summed E-state index contributed by atoms with van der Waals surface area (Å²) in [6.07, 6.45) is 7.33. The molecule has 0 bridgehead atoms. The van der Waals surface area contributed by atoms with Crippen LogP contribution in [-0.2, 0) is 0 Å². The maximum Gasteiger partial charge on any atom is 0.0512 e. The summed E-state index contributed by atoms with van der Waals surface area (Å²) >= 11 is 0. The summed E-state index contributed by atoms with van der Waals surface area (Å²) in [5, 5.41) is 9.12. The van der Waals surface area contributed by atoms with Crippen LogP contribution in [0.5, 0.6) is 0 Å². The lowest BCUT2D eigenvalue weighted by Crippen LogP contribution is -2.05. The van der Waals surface area contributed by atoms with Gasteiger partial charge >= 0.3 is 0 Å². The number of hydrogen-bond donors (Lipinski definition) is 1. The molecule has 1 N–H and O–H groups in total. The Balaban J connectivity index is 3.39. The van der Waals surface area contributed by atoms with Crippen molar-refractivity contribution in [1.82, 2.24) is 0 Å². The topological polar surface area (TPSA) is 20.2 Å². The first-order valence-corrected chi connectivity index (χ1v) is 5.38. The Morgan fingerprint density at radius 1 is 1.08 bits per heavy atom. The van der Waals surface area contributed by atoms with Crippen LogP contribution in [0.15, 0.2) is 0 Å². The Kier molecular flexibility index (Phi) is 7.58. The highest BCUT2D eigenvalue weighted by atomic mass is 16.3. The second-order valence-electron chi connectivity index (χ2n) is 3.84. The quantitative estimate of drug-likeness (QED) is 0.624. The maximum absolute atomic E-state index is 9.12. The monoisotopic (exact) mass is 172 g/mol. The van der Waals surface area contributed by atoms with Crippen molar-refractivity contribution >= 4 is 0 Å². The van der Waals surface area contributed by atoms with Crippen LogP contribution in [0, 0.1) is 5.92 Å². The van der Waals surface area contributed by atoms with Crippen LogP contribution in [-0.4, -0.2) is 11.2 Å². The zero-order valence-corrected chi connectivity index (χ0v) is 8.84. The van der Waals surface area contributed by atoms with E-state index in [9.17, 15) is 0 Å². The van der Waals surface area contributed by atoms with E-state index in [4.69, 9.17) is 5.11 Å². The molecule has 2 atom stereocenters. The van der Waals surface area contributed by atoms with Gasteiger partial charge in [0.25, 0.3) is 0 Å². The minimum atomic E-state index is -0.110. The van der Waals surface area contributed by atoms with Gasteiger partial charge in [0, 0.05) is 0 Å². The van der Waals surface area contributed by atoms with E-state index in [0.717, 1.165) is 12.3 Å². The summed E-state index contributed by atoms with van der Waals surface area (Å²) < 4.78 is 0. The number of unbranched alkanes of at least 4 members (excludes halogenated alkanes) is 1. The van der Waals surface area contributed by atoms with Gasteiger partial charge in [-0.3, -0.25) is 0 Å². The second kappa shape index (κ2) is 7.60. The molecule has 0 aromatic carbocycles. The first kappa shape index (κ1) is 12.0. The fraction of sp³-hybridized carbons (Fsp3) is 1.00. The molecule has 12 heavy (non-hydrogen) atoms. The molecule has 0 aromatic heterocycles. The van der Waals surface area contributed by atoms with Crippen molar-refractivity contribution in [2.45, 2.75) is 65.4 Å². The molecule has 0 aliphatic rings. The third-order valence-corrected chi connectivity index (χ3v) is 2.54. The van der Waals surface area contributed by atoms with Crippen LogP contribution < -0.4 is 0 Å². The summed E-state index contributed by atoms with van der Waals surface area (Å²) in [6, 6.07) is 0. The average molecular weight is 172 g/mol. The number of rotatable bonds is 7. The van der Waals surface area contributed by atoms with Crippen LogP contribution in [0.25, 0.3) is 0 Å². The average Bonchev–Trinajstić information content (AvgIpc) is 2.05. The molecule has 0 saturated carbocycles. The molecule has 74 valence electrons. The molecule has 0 radical (unpaired) electrons. The van der Waals surface area contributed by atoms with E-state index >= 15 is 0 Å². The third kappa shape index (κ3) is 6.66. The minimum Gasteiger partial charge on any atom is -0.393 e. The van der Waals surface area contributed by atoms with Crippen LogP contribution in [0.1, 0.15) is 59.3 Å². The van der Waals surface area contributed by atoms with Crippen LogP contribution in [0.3, 0.4) is 0 Å². The van der Waals surface area contributed by atoms with Crippen molar-refractivity contribution in [2.24, 2.45) is 5.92 Å². The fourth-order valence-corrected chi connectivity index (χ4v) is 1.52. The molecule has 1 heteroatoms. The van der Waals surface area contributed by atoms with Crippen LogP contribution >= 0.6 is 0 Å². The van der Waals surface area contributed by atoms with Crippen LogP contribution in [0.2, 0.25) is 0 Å². The molecule has 0 amide bonds. The van der Waals surface area contributed by atoms with E-state index in [0.29, 0.717) is 0 Å². The molecule has 0 aliphatic heterocycles. The number of hydrogen-bond acceptors (Lipinski definition) is 1. The van der Waals surface area contributed by atoms with Crippen molar-refractivity contribution in [3.63, 3.8) is 0 Å². The van der Waals surface area contributed by atoms with E-state index in [1.807, 2.05) is 6.92 Å². The Labute approximate surface area is 77.2 Å². The highest BCUT2D eigenvalue weighted by molar-refractivity contribution is 4.59. The van der Waals surface area contributed by atoms with E-state index in [1.54, 1.807) is 0 Å². The second-order valence-corrected chi connectivity index (χ2v) is 3.84. The Hall–Kier alpha value is -0.0400. The predicted octanol–water partition coefficient (Wildman–Crippen LogP) is 3.36. The lowest BCUT2D eigenvalue weighted by molar-refractivity contribution is 0.171. The Bertz CT molecular complexity index is 89.0. The molecule has 0 aliphatic carbocycles. The van der Waals surface area contributed by atoms with E-state index in [-0.39, 0.29) is 6.10 Å². The van der Waals surface area contributed by atoms with Gasteiger partial charge in [0.05, 0.1) is 6.10 Å². The molecule has 0 spiro atoms. The zero-order chi connectivity index (χ0) is 9.40. The van der Waals surface area contributed by atoms with Gasteiger partial charge in [-0.05, 0) is 25.7 Å². The Morgan fingerprint density at radius 3 is 2.17 bits per heavy atom. The van der Waals surface area contributed by atoms with Gasteiger partial charge in [0.2, 0.25) is 0 Å². The molecule has 0 rings (SSSR count). The molecule has 0 aromatic rings. The van der Waals surface area contributed by atoms with Gasteiger partial charge in [-0.2, -0.15) is 0 Å². The number of aliphatic hydroxyl groups excluding tert-OH is 1. The van der Waals surface area contributed by atoms with Gasteiger partial charge in [0.1, 0.15) is 0 Å². The molecular formula is C11H24O. The van der Waals surface area contributed by atoms with Crippen molar-refractivity contribution in [3.8, 4) is 0 Å². The predicted molar refractivity (Wildman–Crippen MR) is 54.2 cm³/mol. The van der Waals surface area contributed by atoms with E-state index in [1.165, 1.54) is 32.1 Å². The first-order chi connectivity index (χ1) is 5.70. The normalized spacial score (nSPS) is 16.0. The maximum atomic E-state index is 9.12. The van der Waals surface area contributed by atoms with Crippen molar-refractivity contribution in [3.05, 3.63) is 0 Å². The fourth-order valence-electron chi connectivity index (χ4n) is 1.52. The highest BCUT2D eigenvalue weighted by Gasteiger charge is 2.06. The molecule has 0 saturated heterocycles. The lowest BCUT2D eigenvalue weighted by Gasteiger charge is -2.14. The molecular weight excluding hydrogens is 148 g/mol. The van der Waals surface area contributed by atoms with Gasteiger partial charge in [-0.15, -0.1) is 0 Å². The summed E-state index contributed by atoms with van der Waals surface area (Å²) in [5.41, 5.74) is 0. The van der Waals surface area contributed by atoms with Crippen LogP contribution in [0.4, 0.5) is 0 Å². The van der Waals surface area contributed by atoms with E-state index in [2.05, 4.69) is 13.8 Å². The minimum absolute atomic E-state index is 0.110.